The predicted octanol–water partition coefficient (Wildman–Crippen LogP) is 24.0. The van der Waals surface area contributed by atoms with Crippen molar-refractivity contribution in [2.45, 2.75) is 0 Å². The van der Waals surface area contributed by atoms with Crippen LogP contribution in [-0.4, -0.2) is 19.1 Å². The van der Waals surface area contributed by atoms with Gasteiger partial charge in [-0.05, 0) is 205 Å². The van der Waals surface area contributed by atoms with Crippen LogP contribution in [0.15, 0.2) is 364 Å². The molecule has 0 bridgehead atoms. The molecule has 15 aromatic carbocycles. The second kappa shape index (κ2) is 23.6. The Hall–Kier alpha value is -13.0. The second-order valence-electron chi connectivity index (χ2n) is 24.2. The number of aromatic nitrogens is 4. The van der Waals surface area contributed by atoms with Gasteiger partial charge < -0.3 is 28.7 Å². The number of hydrogen-bond acceptors (Lipinski definition) is 6. The molecule has 8 nitrogen and oxygen atoms in total. The number of fused-ring (bicyclic) bond motifs is 12. The van der Waals surface area contributed by atoms with Crippen LogP contribution in [0.5, 0.6) is 0 Å². The third-order valence-corrected chi connectivity index (χ3v) is 18.6. The van der Waals surface area contributed by atoms with E-state index in [2.05, 4.69) is 381 Å². The molecular weight excluding hydrogens is 1170 g/mol. The lowest BCUT2D eigenvalue weighted by molar-refractivity contribution is 1.18. The number of benzene rings is 15. The molecule has 8 heteroatoms. The van der Waals surface area contributed by atoms with Crippen molar-refractivity contribution >= 4 is 144 Å². The summed E-state index contributed by atoms with van der Waals surface area (Å²) >= 11 is 0. The van der Waals surface area contributed by atoms with Gasteiger partial charge in [0.05, 0.1) is 33.1 Å². The Balaban J connectivity index is 0.867. The minimum Gasteiger partial charge on any atom is -0.310 e. The average Bonchev–Trinajstić information content (AvgIpc) is 1.53. The van der Waals surface area contributed by atoms with Gasteiger partial charge in [-0.1, -0.05) is 158 Å². The van der Waals surface area contributed by atoms with Crippen molar-refractivity contribution in [3.63, 3.8) is 0 Å². The van der Waals surface area contributed by atoms with E-state index in [9.17, 15) is 0 Å². The van der Waals surface area contributed by atoms with Gasteiger partial charge in [0.25, 0.3) is 0 Å². The number of hydrogen-bond donors (Lipinski definition) is 0. The molecule has 0 radical (unpaired) electrons. The van der Waals surface area contributed by atoms with Crippen molar-refractivity contribution in [2.75, 3.05) is 19.6 Å². The third kappa shape index (κ3) is 9.62. The molecule has 96 heavy (non-hydrogen) atoms. The first-order chi connectivity index (χ1) is 47.6. The van der Waals surface area contributed by atoms with Crippen LogP contribution in [0.2, 0.25) is 0 Å². The summed E-state index contributed by atoms with van der Waals surface area (Å²) in [7, 11) is 0. The molecule has 0 N–H and O–H groups in total. The summed E-state index contributed by atoms with van der Waals surface area (Å²) in [6.07, 6.45) is 3.63. The van der Waals surface area contributed by atoms with Gasteiger partial charge in [-0.2, -0.15) is 0 Å². The van der Waals surface area contributed by atoms with Crippen LogP contribution in [0.4, 0.5) is 68.2 Å². The SMILES string of the molecule is c1ccc(N(c2ccccc2)c2ccc3c(c2)c2cc(N(c4ccccc4)c4ccccc4)ccc2n3-c2ccc3c(c2)c2cc(-n4c5ccc(N(c6ccccc6)c6ccccc6)cc5c5cc(N(c6ccccc6)c6ccccc6)ccc54)ccc2c2nccnc32)cc1. The van der Waals surface area contributed by atoms with Gasteiger partial charge >= 0.3 is 0 Å². The first-order valence-corrected chi connectivity index (χ1v) is 32.5. The van der Waals surface area contributed by atoms with E-state index in [1.54, 1.807) is 0 Å². The monoisotopic (exact) mass is 1230 g/mol. The molecule has 452 valence electrons. The van der Waals surface area contributed by atoms with Crippen LogP contribution in [0.3, 0.4) is 0 Å². The van der Waals surface area contributed by atoms with Crippen molar-refractivity contribution in [2.24, 2.45) is 0 Å². The Morgan fingerprint density at radius 3 is 0.615 bits per heavy atom. The van der Waals surface area contributed by atoms with Gasteiger partial charge in [0.1, 0.15) is 0 Å². The fourth-order valence-electron chi connectivity index (χ4n) is 14.5. The Morgan fingerprint density at radius 1 is 0.177 bits per heavy atom. The molecular formula is C88H60N8. The normalized spacial score (nSPS) is 11.5. The van der Waals surface area contributed by atoms with Crippen LogP contribution >= 0.6 is 0 Å². The lowest BCUT2D eigenvalue weighted by Gasteiger charge is -2.26. The minimum atomic E-state index is 0.860. The number of rotatable bonds is 14. The van der Waals surface area contributed by atoms with Crippen molar-refractivity contribution in [1.82, 2.24) is 19.1 Å². The molecule has 0 saturated carbocycles. The molecule has 0 aliphatic carbocycles. The quantitative estimate of drug-likeness (QED) is 0.101. The molecule has 3 heterocycles. The van der Waals surface area contributed by atoms with E-state index < -0.39 is 0 Å². The fourth-order valence-corrected chi connectivity index (χ4v) is 14.5. The molecule has 0 fully saturated rings. The highest BCUT2D eigenvalue weighted by atomic mass is 15.2. The van der Waals surface area contributed by atoms with E-state index in [4.69, 9.17) is 9.97 Å². The maximum Gasteiger partial charge on any atom is 0.0971 e. The zero-order chi connectivity index (χ0) is 63.5. The van der Waals surface area contributed by atoms with E-state index >= 15 is 0 Å². The minimum absolute atomic E-state index is 0.860. The highest BCUT2D eigenvalue weighted by Crippen LogP contribution is 2.47. The number of para-hydroxylation sites is 8. The largest absolute Gasteiger partial charge is 0.310 e. The third-order valence-electron chi connectivity index (χ3n) is 18.6. The van der Waals surface area contributed by atoms with Crippen molar-refractivity contribution < 1.29 is 0 Å². The van der Waals surface area contributed by atoms with Crippen LogP contribution in [-0.2, 0) is 0 Å². The molecule has 0 spiro atoms. The zero-order valence-electron chi connectivity index (χ0n) is 52.2. The second-order valence-corrected chi connectivity index (χ2v) is 24.2. The Labute approximate surface area is 555 Å². The first kappa shape index (κ1) is 55.8. The van der Waals surface area contributed by atoms with E-state index in [0.717, 1.165) is 156 Å². The molecule has 18 aromatic rings. The van der Waals surface area contributed by atoms with Gasteiger partial charge in [-0.3, -0.25) is 9.97 Å². The summed E-state index contributed by atoms with van der Waals surface area (Å²) < 4.78 is 4.90. The molecule has 0 saturated heterocycles. The van der Waals surface area contributed by atoms with Crippen molar-refractivity contribution in [1.29, 1.82) is 0 Å². The van der Waals surface area contributed by atoms with Gasteiger partial charge in [-0.15, -0.1) is 0 Å². The highest BCUT2D eigenvalue weighted by Gasteiger charge is 2.24. The van der Waals surface area contributed by atoms with Gasteiger partial charge in [0.15, 0.2) is 0 Å². The summed E-state index contributed by atoms with van der Waals surface area (Å²) in [5, 5.41) is 8.72. The van der Waals surface area contributed by atoms with E-state index in [-0.39, 0.29) is 0 Å². The van der Waals surface area contributed by atoms with Gasteiger partial charge in [0, 0.05) is 124 Å². The summed E-state index contributed by atoms with van der Waals surface area (Å²) in [6.45, 7) is 0. The standard InChI is InChI=1S/C88H60N8/c1-9-25-61(26-10-1)91(62-27-11-2-12-28-62)69-43-49-83-79(57-69)80-58-70(92(63-29-13-3-14-30-63)64-31-15-4-16-32-64)44-50-84(80)95(83)73-41-47-75-77(55-73)78-56-74(42-48-76(78)88-87(75)89-53-54-90-88)96-85-51-45-71(93(65-33-17-5-18-34-65)66-35-19-6-20-36-66)59-81(85)82-60-72(46-52-86(82)96)94(67-37-21-7-22-38-67)68-39-23-8-24-40-68/h1-60H. The summed E-state index contributed by atoms with van der Waals surface area (Å²) in [5.74, 6) is 0. The van der Waals surface area contributed by atoms with Gasteiger partial charge in [0.2, 0.25) is 0 Å². The molecule has 0 unspecified atom stereocenters. The molecule has 0 atom stereocenters. The van der Waals surface area contributed by atoms with Crippen molar-refractivity contribution in [3.8, 4) is 11.4 Å². The van der Waals surface area contributed by atoms with Crippen LogP contribution < -0.4 is 19.6 Å². The number of anilines is 12. The number of nitrogens with zero attached hydrogens (tertiary/aromatic N) is 8. The lowest BCUT2D eigenvalue weighted by atomic mass is 9.98. The van der Waals surface area contributed by atoms with Gasteiger partial charge in [-0.25, -0.2) is 0 Å². The molecule has 0 aliphatic rings. The lowest BCUT2D eigenvalue weighted by Crippen LogP contribution is -2.09. The summed E-state index contributed by atoms with van der Waals surface area (Å²) in [4.78, 5) is 19.6. The van der Waals surface area contributed by atoms with Crippen LogP contribution in [0, 0.1) is 0 Å². The first-order valence-electron chi connectivity index (χ1n) is 32.5. The maximum absolute atomic E-state index is 5.10. The van der Waals surface area contributed by atoms with E-state index in [0.29, 0.717) is 0 Å². The van der Waals surface area contributed by atoms with Crippen LogP contribution in [0.1, 0.15) is 0 Å². The Bertz CT molecular complexity index is 5090. The fraction of sp³-hybridized carbons (Fsp3) is 0. The van der Waals surface area contributed by atoms with E-state index in [1.807, 2.05) is 12.4 Å². The molecule has 3 aromatic heterocycles. The average molecular weight is 1230 g/mol. The van der Waals surface area contributed by atoms with Crippen LogP contribution in [0.25, 0.3) is 87.6 Å². The zero-order valence-corrected chi connectivity index (χ0v) is 52.2. The molecule has 0 aliphatic heterocycles. The Kier molecular flexibility index (Phi) is 13.7. The predicted molar refractivity (Wildman–Crippen MR) is 402 cm³/mol. The molecule has 0 amide bonds. The smallest absolute Gasteiger partial charge is 0.0971 e. The molecule has 18 rings (SSSR count). The van der Waals surface area contributed by atoms with E-state index in [1.165, 1.54) is 0 Å². The summed E-state index contributed by atoms with van der Waals surface area (Å²) in [6, 6.07) is 127. The topological polar surface area (TPSA) is 48.6 Å². The summed E-state index contributed by atoms with van der Waals surface area (Å²) in [5.41, 5.74) is 21.0. The Morgan fingerprint density at radius 2 is 0.396 bits per heavy atom. The van der Waals surface area contributed by atoms with Crippen molar-refractivity contribution in [3.05, 3.63) is 364 Å². The maximum atomic E-state index is 5.10. The highest BCUT2D eigenvalue weighted by molar-refractivity contribution is 6.24.